The maximum Gasteiger partial charge on any atom is 0.264 e. The minimum absolute atomic E-state index is 0.0781. The van der Waals surface area contributed by atoms with E-state index >= 15 is 0 Å². The molecule has 2 aromatic carbocycles. The number of rotatable bonds is 8. The van der Waals surface area contributed by atoms with E-state index in [-0.39, 0.29) is 10.8 Å². The number of anilines is 1. The molecular formula is C21H24N4O3S. The summed E-state index contributed by atoms with van der Waals surface area (Å²) in [5, 5.41) is 2.83. The van der Waals surface area contributed by atoms with Crippen LogP contribution in [-0.4, -0.2) is 37.5 Å². The normalized spacial score (nSPS) is 11.2. The molecule has 1 N–H and O–H groups in total. The molecule has 0 atom stereocenters. The van der Waals surface area contributed by atoms with Crippen LogP contribution < -0.4 is 9.62 Å². The number of imidazole rings is 1. The topological polar surface area (TPSA) is 84.3 Å². The number of carbonyl (C=O) groups is 1. The fourth-order valence-corrected chi connectivity index (χ4v) is 4.29. The molecule has 0 saturated carbocycles. The molecule has 1 amide bonds. The van der Waals surface area contributed by atoms with E-state index < -0.39 is 10.0 Å². The number of sulfonamides is 1. The van der Waals surface area contributed by atoms with Gasteiger partial charge in [0.15, 0.2) is 0 Å². The van der Waals surface area contributed by atoms with Gasteiger partial charge < -0.3 is 9.88 Å². The van der Waals surface area contributed by atoms with Gasteiger partial charge in [-0.1, -0.05) is 24.3 Å². The molecule has 0 saturated heterocycles. The van der Waals surface area contributed by atoms with Crippen LogP contribution in [0.15, 0.2) is 72.1 Å². The number of carbonyl (C=O) groups excluding carboxylic acids is 1. The number of nitrogens with zero attached hydrogens (tertiary/aromatic N) is 3. The number of hydrogen-bond acceptors (Lipinski definition) is 4. The molecule has 8 heteroatoms. The summed E-state index contributed by atoms with van der Waals surface area (Å²) in [7, 11) is -2.27. The number of aromatic nitrogens is 2. The highest BCUT2D eigenvalue weighted by Crippen LogP contribution is 2.25. The average Bonchev–Trinajstić information content (AvgIpc) is 3.24. The van der Waals surface area contributed by atoms with Gasteiger partial charge in [0.25, 0.3) is 15.9 Å². The van der Waals surface area contributed by atoms with Gasteiger partial charge in [-0.05, 0) is 43.2 Å². The smallest absolute Gasteiger partial charge is 0.264 e. The van der Waals surface area contributed by atoms with E-state index in [4.69, 9.17) is 0 Å². The molecule has 0 bridgehead atoms. The van der Waals surface area contributed by atoms with E-state index in [1.54, 1.807) is 36.8 Å². The maximum atomic E-state index is 13.0. The van der Waals surface area contributed by atoms with E-state index in [1.165, 1.54) is 23.5 Å². The van der Waals surface area contributed by atoms with Gasteiger partial charge in [-0.2, -0.15) is 0 Å². The quantitative estimate of drug-likeness (QED) is 0.577. The molecule has 29 heavy (non-hydrogen) atoms. The molecule has 3 rings (SSSR count). The van der Waals surface area contributed by atoms with Crippen molar-refractivity contribution in [3.63, 3.8) is 0 Å². The first-order valence-electron chi connectivity index (χ1n) is 9.28. The Morgan fingerprint density at radius 3 is 2.69 bits per heavy atom. The van der Waals surface area contributed by atoms with Crippen LogP contribution in [0.25, 0.3) is 0 Å². The Morgan fingerprint density at radius 1 is 1.17 bits per heavy atom. The lowest BCUT2D eigenvalue weighted by Crippen LogP contribution is -2.28. The first-order valence-corrected chi connectivity index (χ1v) is 10.7. The molecule has 1 aromatic heterocycles. The number of nitrogens with one attached hydrogen (secondary N) is 1. The highest BCUT2D eigenvalue weighted by molar-refractivity contribution is 7.92. The highest BCUT2D eigenvalue weighted by Gasteiger charge is 2.23. The van der Waals surface area contributed by atoms with Crippen LogP contribution >= 0.6 is 0 Å². The van der Waals surface area contributed by atoms with Crippen LogP contribution in [0.1, 0.15) is 22.3 Å². The SMILES string of the molecule is Cc1ccccc1N(C)S(=O)(=O)c1cccc(C(=O)NCCCn2ccnc2)c1. The van der Waals surface area contributed by atoms with Gasteiger partial charge in [-0.25, -0.2) is 13.4 Å². The Balaban J connectivity index is 1.69. The Bertz CT molecular complexity index is 1080. The van der Waals surface area contributed by atoms with Crippen molar-refractivity contribution in [1.29, 1.82) is 0 Å². The molecule has 7 nitrogen and oxygen atoms in total. The lowest BCUT2D eigenvalue weighted by molar-refractivity contribution is 0.0952. The zero-order valence-corrected chi connectivity index (χ0v) is 17.3. The van der Waals surface area contributed by atoms with Crippen LogP contribution in [0.2, 0.25) is 0 Å². The number of benzene rings is 2. The summed E-state index contributed by atoms with van der Waals surface area (Å²) in [5.74, 6) is -0.300. The summed E-state index contributed by atoms with van der Waals surface area (Å²) in [4.78, 5) is 16.5. The summed E-state index contributed by atoms with van der Waals surface area (Å²) in [6, 6.07) is 13.4. The molecule has 0 aliphatic rings. The van der Waals surface area contributed by atoms with Gasteiger partial charge in [-0.3, -0.25) is 9.10 Å². The second-order valence-electron chi connectivity index (χ2n) is 6.70. The van der Waals surface area contributed by atoms with E-state index in [9.17, 15) is 13.2 Å². The van der Waals surface area contributed by atoms with Gasteiger partial charge >= 0.3 is 0 Å². The standard InChI is InChI=1S/C21H24N4O3S/c1-17-7-3-4-10-20(17)24(2)29(27,28)19-9-5-8-18(15-19)21(26)23-11-6-13-25-14-12-22-16-25/h3-5,7-10,12,14-16H,6,11,13H2,1-2H3,(H,23,26). The summed E-state index contributed by atoms with van der Waals surface area (Å²) in [5.41, 5.74) is 1.76. The third-order valence-corrected chi connectivity index (χ3v) is 6.41. The minimum Gasteiger partial charge on any atom is -0.352 e. The molecule has 0 radical (unpaired) electrons. The van der Waals surface area contributed by atoms with Crippen molar-refractivity contribution in [2.24, 2.45) is 0 Å². The predicted molar refractivity (Wildman–Crippen MR) is 112 cm³/mol. The summed E-state index contributed by atoms with van der Waals surface area (Å²) in [6.45, 7) is 3.09. The lowest BCUT2D eigenvalue weighted by atomic mass is 10.2. The van der Waals surface area contributed by atoms with Gasteiger partial charge in [0.1, 0.15) is 0 Å². The Morgan fingerprint density at radius 2 is 1.97 bits per heavy atom. The lowest BCUT2D eigenvalue weighted by Gasteiger charge is -2.21. The molecular weight excluding hydrogens is 388 g/mol. The minimum atomic E-state index is -3.78. The van der Waals surface area contributed by atoms with E-state index in [1.807, 2.05) is 29.8 Å². The number of aryl methyl sites for hydroxylation is 2. The highest BCUT2D eigenvalue weighted by atomic mass is 32.2. The predicted octanol–water partition coefficient (Wildman–Crippen LogP) is 2.84. The van der Waals surface area contributed by atoms with E-state index in [2.05, 4.69) is 10.3 Å². The summed E-state index contributed by atoms with van der Waals surface area (Å²) < 4.78 is 29.2. The van der Waals surface area contributed by atoms with Crippen LogP contribution in [0.4, 0.5) is 5.69 Å². The fourth-order valence-electron chi connectivity index (χ4n) is 2.99. The molecule has 0 spiro atoms. The van der Waals surface area contributed by atoms with E-state index in [0.29, 0.717) is 17.8 Å². The Labute approximate surface area is 171 Å². The first-order chi connectivity index (χ1) is 13.9. The molecule has 0 aliphatic carbocycles. The Hall–Kier alpha value is -3.13. The van der Waals surface area contributed by atoms with Crippen LogP contribution in [0.3, 0.4) is 0 Å². The monoisotopic (exact) mass is 412 g/mol. The largest absolute Gasteiger partial charge is 0.352 e. The second-order valence-corrected chi connectivity index (χ2v) is 8.67. The van der Waals surface area contributed by atoms with Crippen molar-refractivity contribution >= 4 is 21.6 Å². The summed E-state index contributed by atoms with van der Waals surface area (Å²) in [6.07, 6.45) is 6.04. The number of hydrogen-bond donors (Lipinski definition) is 1. The van der Waals surface area contributed by atoms with Crippen molar-refractivity contribution in [3.05, 3.63) is 78.4 Å². The molecule has 0 aliphatic heterocycles. The summed E-state index contributed by atoms with van der Waals surface area (Å²) >= 11 is 0. The first kappa shape index (κ1) is 20.6. The number of para-hydroxylation sites is 1. The fraction of sp³-hybridized carbons (Fsp3) is 0.238. The average molecular weight is 413 g/mol. The third kappa shape index (κ3) is 4.83. The van der Waals surface area contributed by atoms with Crippen molar-refractivity contribution in [3.8, 4) is 0 Å². The van der Waals surface area contributed by atoms with Crippen molar-refractivity contribution in [2.45, 2.75) is 24.8 Å². The van der Waals surface area contributed by atoms with Crippen molar-refractivity contribution < 1.29 is 13.2 Å². The molecule has 152 valence electrons. The van der Waals surface area contributed by atoms with Crippen molar-refractivity contribution in [2.75, 3.05) is 17.9 Å². The molecule has 0 fully saturated rings. The molecule has 0 unspecified atom stereocenters. The van der Waals surface area contributed by atoms with Gasteiger partial charge in [0.2, 0.25) is 0 Å². The molecule has 3 aromatic rings. The maximum absolute atomic E-state index is 13.0. The van der Waals surface area contributed by atoms with Crippen molar-refractivity contribution in [1.82, 2.24) is 14.9 Å². The third-order valence-electron chi connectivity index (χ3n) is 4.65. The van der Waals surface area contributed by atoms with E-state index in [0.717, 1.165) is 18.5 Å². The Kier molecular flexibility index (Phi) is 6.33. The van der Waals surface area contributed by atoms with Crippen LogP contribution in [-0.2, 0) is 16.6 Å². The number of amides is 1. The van der Waals surface area contributed by atoms with Crippen LogP contribution in [0, 0.1) is 6.92 Å². The zero-order valence-electron chi connectivity index (χ0n) is 16.4. The van der Waals surface area contributed by atoms with Crippen LogP contribution in [0.5, 0.6) is 0 Å². The van der Waals surface area contributed by atoms with Gasteiger partial charge in [-0.15, -0.1) is 0 Å². The van der Waals surface area contributed by atoms with Gasteiger partial charge in [0.05, 0.1) is 16.9 Å². The van der Waals surface area contributed by atoms with Gasteiger partial charge in [0, 0.05) is 38.1 Å². The molecule has 1 heterocycles. The second kappa shape index (κ2) is 8.91. The zero-order chi connectivity index (χ0) is 20.9.